The Labute approximate surface area is 223 Å². The smallest absolute Gasteiger partial charge is 0.269 e. The summed E-state index contributed by atoms with van der Waals surface area (Å²) in [5.74, 6) is 0.796. The van der Waals surface area contributed by atoms with E-state index >= 15 is 0 Å². The Balaban J connectivity index is 1.49. The molecule has 0 unspecified atom stereocenters. The molecule has 11 nitrogen and oxygen atoms in total. The molecule has 4 aromatic carbocycles. The second kappa shape index (κ2) is 10.6. The molecule has 0 bridgehead atoms. The van der Waals surface area contributed by atoms with Crippen LogP contribution < -0.4 is 15.2 Å². The minimum absolute atomic E-state index is 0.0288. The number of aryl methyl sites for hydroxylation is 1. The summed E-state index contributed by atoms with van der Waals surface area (Å²) in [5, 5.41) is 30.3. The number of non-ortho nitro benzene ring substituents is 1. The van der Waals surface area contributed by atoms with E-state index in [4.69, 9.17) is 15.2 Å². The Morgan fingerprint density at radius 3 is 2.03 bits per heavy atom. The van der Waals surface area contributed by atoms with Crippen LogP contribution in [0.5, 0.6) is 11.5 Å². The third-order valence-corrected chi connectivity index (χ3v) is 6.32. The average molecular weight is 524 g/mol. The number of benzene rings is 4. The molecule has 0 aliphatic rings. The zero-order valence-electron chi connectivity index (χ0n) is 21.5. The van der Waals surface area contributed by atoms with Crippen molar-refractivity contribution in [2.24, 2.45) is 20.5 Å². The molecule has 11 heteroatoms. The summed E-state index contributed by atoms with van der Waals surface area (Å²) >= 11 is 0. The fourth-order valence-corrected chi connectivity index (χ4v) is 4.41. The SMILES string of the molecule is CCn1c2ccccc2c2cc(N)c(N=Nc3cc(OC)c(N=Nc4ccc([N+](=O)[O-])cc4)cc3OC)cc21. The number of anilines is 1. The number of hydrogen-bond acceptors (Lipinski definition) is 9. The van der Waals surface area contributed by atoms with Crippen LogP contribution in [0, 0.1) is 10.1 Å². The summed E-state index contributed by atoms with van der Waals surface area (Å²) in [7, 11) is 3.02. The second-order valence-corrected chi connectivity index (χ2v) is 8.56. The van der Waals surface area contributed by atoms with Crippen LogP contribution in [-0.4, -0.2) is 23.7 Å². The number of rotatable bonds is 8. The van der Waals surface area contributed by atoms with Crippen LogP contribution in [0.2, 0.25) is 0 Å². The zero-order chi connectivity index (χ0) is 27.5. The number of nitrogens with zero attached hydrogens (tertiary/aromatic N) is 6. The van der Waals surface area contributed by atoms with Gasteiger partial charge in [-0.25, -0.2) is 0 Å². The highest BCUT2D eigenvalue weighted by molar-refractivity contribution is 6.10. The zero-order valence-corrected chi connectivity index (χ0v) is 21.5. The Kier molecular flexibility index (Phi) is 6.87. The molecular formula is C28H25N7O4. The molecule has 0 spiro atoms. The fraction of sp³-hybridized carbons (Fsp3) is 0.143. The minimum Gasteiger partial charge on any atom is -0.494 e. The van der Waals surface area contributed by atoms with Crippen LogP contribution in [0.1, 0.15) is 6.92 Å². The topological polar surface area (TPSA) is 142 Å². The molecule has 0 aliphatic heterocycles. The van der Waals surface area contributed by atoms with Gasteiger partial charge in [-0.3, -0.25) is 10.1 Å². The number of aromatic nitrogens is 1. The Bertz CT molecular complexity index is 1760. The van der Waals surface area contributed by atoms with E-state index in [2.05, 4.69) is 44.1 Å². The monoisotopic (exact) mass is 523 g/mol. The van der Waals surface area contributed by atoms with Crippen molar-refractivity contribution >= 4 is 55.9 Å². The lowest BCUT2D eigenvalue weighted by Crippen LogP contribution is -1.93. The Morgan fingerprint density at radius 1 is 0.795 bits per heavy atom. The van der Waals surface area contributed by atoms with Crippen molar-refractivity contribution in [3.8, 4) is 11.5 Å². The van der Waals surface area contributed by atoms with Gasteiger partial charge in [0.05, 0.1) is 36.0 Å². The van der Waals surface area contributed by atoms with Crippen molar-refractivity contribution < 1.29 is 14.4 Å². The average Bonchev–Trinajstić information content (AvgIpc) is 3.27. The molecule has 196 valence electrons. The third-order valence-electron chi connectivity index (χ3n) is 6.32. The number of nitrogen functional groups attached to an aromatic ring is 1. The van der Waals surface area contributed by atoms with Gasteiger partial charge in [-0.15, -0.1) is 15.3 Å². The molecule has 5 rings (SSSR count). The van der Waals surface area contributed by atoms with E-state index in [9.17, 15) is 10.1 Å². The molecule has 0 amide bonds. The lowest BCUT2D eigenvalue weighted by molar-refractivity contribution is -0.384. The van der Waals surface area contributed by atoms with E-state index in [1.165, 1.54) is 38.5 Å². The van der Waals surface area contributed by atoms with Crippen molar-refractivity contribution in [3.05, 3.63) is 82.9 Å². The largest absolute Gasteiger partial charge is 0.494 e. The van der Waals surface area contributed by atoms with Crippen LogP contribution in [0.4, 0.5) is 34.1 Å². The maximum Gasteiger partial charge on any atom is 0.269 e. The van der Waals surface area contributed by atoms with Crippen LogP contribution in [0.15, 0.2) is 93.3 Å². The van der Waals surface area contributed by atoms with Crippen molar-refractivity contribution in [3.63, 3.8) is 0 Å². The van der Waals surface area contributed by atoms with Gasteiger partial charge >= 0.3 is 0 Å². The first-order valence-corrected chi connectivity index (χ1v) is 12.1. The molecule has 0 aliphatic carbocycles. The van der Waals surface area contributed by atoms with Crippen molar-refractivity contribution in [1.29, 1.82) is 0 Å². The molecule has 2 N–H and O–H groups in total. The number of fused-ring (bicyclic) bond motifs is 3. The molecule has 0 atom stereocenters. The van der Waals surface area contributed by atoms with Gasteiger partial charge in [0, 0.05) is 47.1 Å². The minimum atomic E-state index is -0.475. The molecule has 0 saturated carbocycles. The number of azo groups is 2. The van der Waals surface area contributed by atoms with Crippen LogP contribution >= 0.6 is 0 Å². The van der Waals surface area contributed by atoms with Gasteiger partial charge in [0.15, 0.2) is 0 Å². The van der Waals surface area contributed by atoms with Crippen LogP contribution in [0.3, 0.4) is 0 Å². The van der Waals surface area contributed by atoms with Gasteiger partial charge in [0.2, 0.25) is 0 Å². The molecule has 1 aromatic heterocycles. The number of nitro groups is 1. The maximum absolute atomic E-state index is 10.9. The van der Waals surface area contributed by atoms with Gasteiger partial charge in [-0.1, -0.05) is 18.2 Å². The van der Waals surface area contributed by atoms with Crippen LogP contribution in [0.25, 0.3) is 21.8 Å². The molecule has 39 heavy (non-hydrogen) atoms. The first kappa shape index (κ1) is 25.3. The summed E-state index contributed by atoms with van der Waals surface area (Å²) in [6.45, 7) is 2.90. The standard InChI is InChI=1S/C28H25N7O4/c1-4-34-25-8-6-5-7-19(25)20-13-21(29)22(14-26(20)34)31-33-24-16-27(38-2)23(15-28(24)39-3)32-30-17-9-11-18(12-10-17)35(36)37/h5-16H,4,29H2,1-3H3. The lowest BCUT2D eigenvalue weighted by atomic mass is 10.1. The first-order valence-electron chi connectivity index (χ1n) is 12.1. The van der Waals surface area contributed by atoms with E-state index < -0.39 is 4.92 Å². The van der Waals surface area contributed by atoms with Crippen molar-refractivity contribution in [1.82, 2.24) is 4.57 Å². The second-order valence-electron chi connectivity index (χ2n) is 8.56. The van der Waals surface area contributed by atoms with Crippen molar-refractivity contribution in [2.75, 3.05) is 20.0 Å². The summed E-state index contributed by atoms with van der Waals surface area (Å²) in [4.78, 5) is 10.4. The fourth-order valence-electron chi connectivity index (χ4n) is 4.41. The number of nitrogens with two attached hydrogens (primary N) is 1. The van der Waals surface area contributed by atoms with Crippen LogP contribution in [-0.2, 0) is 6.54 Å². The van der Waals surface area contributed by atoms with Gasteiger partial charge < -0.3 is 19.8 Å². The van der Waals surface area contributed by atoms with Gasteiger partial charge in [0.1, 0.15) is 28.6 Å². The molecular weight excluding hydrogens is 498 g/mol. The third kappa shape index (κ3) is 4.85. The molecule has 5 aromatic rings. The highest BCUT2D eigenvalue weighted by Crippen LogP contribution is 2.42. The molecule has 1 heterocycles. The summed E-state index contributed by atoms with van der Waals surface area (Å²) in [6.07, 6.45) is 0. The van der Waals surface area contributed by atoms with Gasteiger partial charge in [0.25, 0.3) is 5.69 Å². The van der Waals surface area contributed by atoms with E-state index in [0.29, 0.717) is 39.9 Å². The summed E-state index contributed by atoms with van der Waals surface area (Å²) in [6, 6.07) is 21.1. The quantitative estimate of drug-likeness (QED) is 0.0944. The highest BCUT2D eigenvalue weighted by atomic mass is 16.6. The van der Waals surface area contributed by atoms with Gasteiger partial charge in [-0.2, -0.15) is 5.11 Å². The van der Waals surface area contributed by atoms with E-state index in [1.807, 2.05) is 24.3 Å². The van der Waals surface area contributed by atoms with E-state index in [-0.39, 0.29) is 5.69 Å². The Morgan fingerprint density at radius 2 is 1.41 bits per heavy atom. The number of ether oxygens (including phenoxy) is 2. The molecule has 0 radical (unpaired) electrons. The predicted molar refractivity (Wildman–Crippen MR) is 151 cm³/mol. The molecule has 0 fully saturated rings. The van der Waals surface area contributed by atoms with Gasteiger partial charge in [-0.05, 0) is 37.3 Å². The predicted octanol–water partition coefficient (Wildman–Crippen LogP) is 8.15. The summed E-state index contributed by atoms with van der Waals surface area (Å²) in [5.41, 5.74) is 10.8. The number of nitro benzene ring substituents is 1. The van der Waals surface area contributed by atoms with Crippen molar-refractivity contribution in [2.45, 2.75) is 13.5 Å². The summed E-state index contributed by atoms with van der Waals surface area (Å²) < 4.78 is 13.2. The highest BCUT2D eigenvalue weighted by Gasteiger charge is 2.14. The maximum atomic E-state index is 10.9. The lowest BCUT2D eigenvalue weighted by Gasteiger charge is -2.09. The van der Waals surface area contributed by atoms with E-state index in [0.717, 1.165) is 28.4 Å². The normalized spacial score (nSPS) is 11.7. The Hall–Kier alpha value is -5.32. The van der Waals surface area contributed by atoms with E-state index in [1.54, 1.807) is 12.1 Å². The molecule has 0 saturated heterocycles. The number of hydrogen-bond donors (Lipinski definition) is 1. The first-order chi connectivity index (χ1) is 18.9. The number of methoxy groups -OCH3 is 2. The number of para-hydroxylation sites is 1.